The molecule has 0 radical (unpaired) electrons. The number of ether oxygens (including phenoxy) is 1. The third-order valence-corrected chi connectivity index (χ3v) is 8.27. The molecular formula is C30H23ClFN5O6S2. The molecule has 230 valence electrons. The fraction of sp³-hybridized carbons (Fsp3) is 0.0667. The van der Waals surface area contributed by atoms with Crippen LogP contribution in [0.3, 0.4) is 0 Å². The smallest absolute Gasteiger partial charge is 0.267 e. The highest BCUT2D eigenvalue weighted by Gasteiger charge is 2.34. The summed E-state index contributed by atoms with van der Waals surface area (Å²) in [6.07, 6.45) is 4.29. The van der Waals surface area contributed by atoms with E-state index in [4.69, 9.17) is 25.9 Å². The van der Waals surface area contributed by atoms with Gasteiger partial charge in [-0.1, -0.05) is 29.8 Å². The summed E-state index contributed by atoms with van der Waals surface area (Å²) >= 11 is 7.28. The summed E-state index contributed by atoms with van der Waals surface area (Å²) in [5.41, 5.74) is 0.982. The first-order chi connectivity index (χ1) is 21.6. The molecule has 3 N–H and O–H groups in total. The molecule has 1 saturated heterocycles. The standard InChI is InChI=1S/C30H23ClFN5O6S2/c31-21-7-12-26(43-18-28(38)35-22-8-10-24(11-9-22)45(33,40)41)20(14-21)15-27-29(39)37(17-23-5-3-13-42-23)30(44-27)36-34-16-19-4-1-2-6-25(19)32/h1-16H,17-18H2,(H,35,38)(H2,33,40,41)/b27-15-,34-16-,36-30+. The fourth-order valence-corrected chi connectivity index (χ4v) is 5.60. The van der Waals surface area contributed by atoms with Gasteiger partial charge in [-0.3, -0.25) is 14.5 Å². The number of amidine groups is 1. The molecule has 0 unspecified atom stereocenters. The van der Waals surface area contributed by atoms with Gasteiger partial charge in [0.1, 0.15) is 17.3 Å². The van der Waals surface area contributed by atoms with Gasteiger partial charge >= 0.3 is 0 Å². The van der Waals surface area contributed by atoms with Crippen LogP contribution >= 0.6 is 23.4 Å². The minimum atomic E-state index is -3.87. The third kappa shape index (κ3) is 8.25. The van der Waals surface area contributed by atoms with Gasteiger partial charge in [-0.05, 0) is 78.5 Å². The number of sulfonamides is 1. The number of benzene rings is 3. The van der Waals surface area contributed by atoms with Gasteiger partial charge in [0, 0.05) is 21.8 Å². The van der Waals surface area contributed by atoms with Crippen molar-refractivity contribution in [2.45, 2.75) is 11.4 Å². The molecule has 45 heavy (non-hydrogen) atoms. The van der Waals surface area contributed by atoms with Crippen LogP contribution in [0.15, 0.2) is 110 Å². The van der Waals surface area contributed by atoms with Crippen LogP contribution in [0.2, 0.25) is 5.02 Å². The van der Waals surface area contributed by atoms with Gasteiger partial charge in [0.2, 0.25) is 10.0 Å². The monoisotopic (exact) mass is 667 g/mol. The SMILES string of the molecule is NS(=O)(=O)c1ccc(NC(=O)COc2ccc(Cl)cc2/C=C2\S/C(=N/N=C\c3ccccc3F)N(Cc3ccco3)C2=O)cc1. The molecule has 3 aromatic carbocycles. The Labute approximate surface area is 266 Å². The van der Waals surface area contributed by atoms with Crippen molar-refractivity contribution in [3.8, 4) is 5.75 Å². The molecule has 0 saturated carbocycles. The summed E-state index contributed by atoms with van der Waals surface area (Å²) in [5.74, 6) is -0.617. The van der Waals surface area contributed by atoms with E-state index in [1.807, 2.05) is 0 Å². The number of hydrogen-bond donors (Lipinski definition) is 2. The second-order valence-electron chi connectivity index (χ2n) is 9.32. The van der Waals surface area contributed by atoms with E-state index in [2.05, 4.69) is 15.5 Å². The highest BCUT2D eigenvalue weighted by Crippen LogP contribution is 2.36. The largest absolute Gasteiger partial charge is 0.483 e. The topological polar surface area (TPSA) is 157 Å². The van der Waals surface area contributed by atoms with E-state index in [1.165, 1.54) is 47.7 Å². The lowest BCUT2D eigenvalue weighted by Crippen LogP contribution is -2.28. The first-order valence-corrected chi connectivity index (χ1v) is 15.8. The van der Waals surface area contributed by atoms with Crippen molar-refractivity contribution in [1.82, 2.24) is 4.90 Å². The lowest BCUT2D eigenvalue weighted by atomic mass is 10.2. The van der Waals surface area contributed by atoms with Crippen molar-refractivity contribution < 1.29 is 31.6 Å². The van der Waals surface area contributed by atoms with E-state index < -0.39 is 34.3 Å². The molecule has 11 nitrogen and oxygen atoms in total. The van der Waals surface area contributed by atoms with E-state index >= 15 is 0 Å². The maximum atomic E-state index is 14.0. The van der Waals surface area contributed by atoms with Crippen LogP contribution in [0.1, 0.15) is 16.9 Å². The molecule has 0 spiro atoms. The lowest BCUT2D eigenvalue weighted by molar-refractivity contribution is -0.122. The van der Waals surface area contributed by atoms with Crippen LogP contribution in [0.5, 0.6) is 5.75 Å². The molecule has 0 bridgehead atoms. The summed E-state index contributed by atoms with van der Waals surface area (Å²) in [5, 5.41) is 16.5. The second-order valence-corrected chi connectivity index (χ2v) is 12.3. The number of thioether (sulfide) groups is 1. The molecule has 5 rings (SSSR count). The number of carbonyl (C=O) groups excluding carboxylic acids is 2. The highest BCUT2D eigenvalue weighted by atomic mass is 35.5. The van der Waals surface area contributed by atoms with Crippen molar-refractivity contribution in [2.75, 3.05) is 11.9 Å². The summed E-state index contributed by atoms with van der Waals surface area (Å²) in [6, 6.07) is 19.5. The zero-order valence-electron chi connectivity index (χ0n) is 23.1. The van der Waals surface area contributed by atoms with E-state index in [1.54, 1.807) is 54.6 Å². The summed E-state index contributed by atoms with van der Waals surface area (Å²) in [7, 11) is -3.87. The minimum absolute atomic E-state index is 0.0709. The number of nitrogens with one attached hydrogen (secondary N) is 1. The number of nitrogens with two attached hydrogens (primary N) is 1. The minimum Gasteiger partial charge on any atom is -0.483 e. The normalized spacial score (nSPS) is 15.4. The second kappa shape index (κ2) is 13.9. The van der Waals surface area contributed by atoms with Crippen LogP contribution in [0, 0.1) is 5.82 Å². The van der Waals surface area contributed by atoms with Gasteiger partial charge in [-0.25, -0.2) is 17.9 Å². The van der Waals surface area contributed by atoms with Crippen LogP contribution in [-0.4, -0.2) is 43.1 Å². The first kappa shape index (κ1) is 31.7. The third-order valence-electron chi connectivity index (χ3n) is 6.11. The molecule has 2 heterocycles. The Morgan fingerprint density at radius 3 is 2.58 bits per heavy atom. The van der Waals surface area contributed by atoms with Gasteiger partial charge in [0.25, 0.3) is 11.8 Å². The Morgan fingerprint density at radius 1 is 1.09 bits per heavy atom. The fourth-order valence-electron chi connectivity index (χ4n) is 3.97. The molecule has 1 fully saturated rings. The Hall–Kier alpha value is -4.76. The first-order valence-electron chi connectivity index (χ1n) is 13.0. The van der Waals surface area contributed by atoms with Crippen LogP contribution < -0.4 is 15.2 Å². The number of amides is 2. The van der Waals surface area contributed by atoms with Gasteiger partial charge in [-0.15, -0.1) is 5.10 Å². The maximum absolute atomic E-state index is 14.0. The van der Waals surface area contributed by atoms with Gasteiger partial charge < -0.3 is 14.5 Å². The molecule has 15 heteroatoms. The zero-order valence-corrected chi connectivity index (χ0v) is 25.5. The zero-order chi connectivity index (χ0) is 32.0. The van der Waals surface area contributed by atoms with Crippen LogP contribution in [0.25, 0.3) is 6.08 Å². The molecule has 1 aromatic heterocycles. The van der Waals surface area contributed by atoms with Crippen molar-refractivity contribution in [1.29, 1.82) is 0 Å². The number of furan rings is 1. The molecule has 1 aliphatic rings. The number of nitrogens with zero attached hydrogens (tertiary/aromatic N) is 3. The molecule has 0 aliphatic carbocycles. The summed E-state index contributed by atoms with van der Waals surface area (Å²) < 4.78 is 48.1. The Kier molecular flexibility index (Phi) is 9.78. The predicted molar refractivity (Wildman–Crippen MR) is 170 cm³/mol. The van der Waals surface area contributed by atoms with Crippen molar-refractivity contribution >= 4 is 68.3 Å². The number of primary sulfonamides is 1. The number of anilines is 1. The molecular weight excluding hydrogens is 645 g/mol. The highest BCUT2D eigenvalue weighted by molar-refractivity contribution is 8.18. The Balaban J connectivity index is 1.34. The van der Waals surface area contributed by atoms with E-state index in [9.17, 15) is 22.4 Å². The Bertz CT molecular complexity index is 1930. The van der Waals surface area contributed by atoms with E-state index in [0.717, 1.165) is 11.8 Å². The molecule has 1 aliphatic heterocycles. The van der Waals surface area contributed by atoms with Crippen molar-refractivity contribution in [3.63, 3.8) is 0 Å². The molecule has 4 aromatic rings. The molecule has 0 atom stereocenters. The van der Waals surface area contributed by atoms with E-state index in [0.29, 0.717) is 22.0 Å². The summed E-state index contributed by atoms with van der Waals surface area (Å²) in [4.78, 5) is 27.6. The Morgan fingerprint density at radius 2 is 1.87 bits per heavy atom. The van der Waals surface area contributed by atoms with Crippen molar-refractivity contribution in [2.24, 2.45) is 15.3 Å². The van der Waals surface area contributed by atoms with Crippen molar-refractivity contribution in [3.05, 3.63) is 118 Å². The van der Waals surface area contributed by atoms with Gasteiger partial charge in [0.05, 0.1) is 28.8 Å². The number of carbonyl (C=O) groups is 2. The number of halogens is 2. The summed E-state index contributed by atoms with van der Waals surface area (Å²) in [6.45, 7) is -0.334. The average molecular weight is 668 g/mol. The maximum Gasteiger partial charge on any atom is 0.267 e. The number of rotatable bonds is 10. The average Bonchev–Trinajstić information content (AvgIpc) is 3.62. The predicted octanol–water partition coefficient (Wildman–Crippen LogP) is 5.24. The lowest BCUT2D eigenvalue weighted by Gasteiger charge is -2.13. The van der Waals surface area contributed by atoms with Crippen LogP contribution in [0.4, 0.5) is 10.1 Å². The van der Waals surface area contributed by atoms with E-state index in [-0.39, 0.29) is 32.8 Å². The van der Waals surface area contributed by atoms with Crippen LogP contribution in [-0.2, 0) is 26.2 Å². The van der Waals surface area contributed by atoms with Gasteiger partial charge in [0.15, 0.2) is 11.8 Å². The van der Waals surface area contributed by atoms with Gasteiger partial charge in [-0.2, -0.15) is 5.10 Å². The molecule has 2 amide bonds. The number of hydrogen-bond acceptors (Lipinski definition) is 9. The quantitative estimate of drug-likeness (QED) is 0.133.